The van der Waals surface area contributed by atoms with Crippen molar-refractivity contribution in [3.63, 3.8) is 0 Å². The molecule has 37 heavy (non-hydrogen) atoms. The quantitative estimate of drug-likeness (QED) is 0.283. The molecule has 3 heterocycles. The molecule has 0 atom stereocenters. The Labute approximate surface area is 217 Å². The number of fused-ring (bicyclic) bond motifs is 2. The molecule has 0 fully saturated rings. The number of para-hydroxylation sites is 1. The number of carbonyl (C=O) groups excluding carboxylic acids is 2. The number of carbonyl (C=O) groups is 2. The highest BCUT2D eigenvalue weighted by Crippen LogP contribution is 2.38. The fraction of sp³-hybridized carbons (Fsp3) is 0.143. The maximum absolute atomic E-state index is 13.8. The Morgan fingerprint density at radius 3 is 2.41 bits per heavy atom. The van der Waals surface area contributed by atoms with Gasteiger partial charge in [0.1, 0.15) is 10.6 Å². The predicted molar refractivity (Wildman–Crippen MR) is 146 cm³/mol. The lowest BCUT2D eigenvalue weighted by Gasteiger charge is -2.11. The van der Waals surface area contributed by atoms with Crippen molar-refractivity contribution in [1.82, 2.24) is 14.6 Å². The molecule has 0 spiro atoms. The second kappa shape index (κ2) is 9.51. The number of amides is 2. The number of nitrogens with one attached hydrogen (secondary N) is 2. The van der Waals surface area contributed by atoms with E-state index in [0.717, 1.165) is 53.1 Å². The van der Waals surface area contributed by atoms with Gasteiger partial charge in [-0.1, -0.05) is 48.5 Å². The summed E-state index contributed by atoms with van der Waals surface area (Å²) >= 11 is 1.43. The van der Waals surface area contributed by atoms with Gasteiger partial charge in [0.2, 0.25) is 0 Å². The average Bonchev–Trinajstić information content (AvgIpc) is 3.47. The van der Waals surface area contributed by atoms with E-state index in [0.29, 0.717) is 22.0 Å². The standard InChI is InChI=1S/C28H24N6O2S/c29-24(35)22-19-13-7-8-14-21(19)37-28(22)32-27(36)23-25(31-18-11-5-2-6-12-18)33-34-20(15-16-30-26(23)34)17-9-3-1-4-10-17/h1-6,9-12,15-16H,7-8,13-14H2,(H2,29,35)(H,31,33)(H,32,36). The Kier molecular flexibility index (Phi) is 5.90. The maximum Gasteiger partial charge on any atom is 0.263 e. The van der Waals surface area contributed by atoms with Crippen LogP contribution >= 0.6 is 11.3 Å². The smallest absolute Gasteiger partial charge is 0.263 e. The van der Waals surface area contributed by atoms with Crippen LogP contribution in [0.4, 0.5) is 16.5 Å². The van der Waals surface area contributed by atoms with Crippen molar-refractivity contribution < 1.29 is 9.59 Å². The molecule has 5 aromatic rings. The van der Waals surface area contributed by atoms with Crippen molar-refractivity contribution >= 4 is 45.3 Å². The van der Waals surface area contributed by atoms with Crippen molar-refractivity contribution in [2.75, 3.05) is 10.6 Å². The average molecular weight is 509 g/mol. The monoisotopic (exact) mass is 508 g/mol. The van der Waals surface area contributed by atoms with E-state index < -0.39 is 11.8 Å². The summed E-state index contributed by atoms with van der Waals surface area (Å²) in [5.74, 6) is -0.574. The first-order chi connectivity index (χ1) is 18.1. The maximum atomic E-state index is 13.8. The van der Waals surface area contributed by atoms with E-state index >= 15 is 0 Å². The third-order valence-corrected chi connectivity index (χ3v) is 7.70. The molecule has 0 radical (unpaired) electrons. The van der Waals surface area contributed by atoms with Gasteiger partial charge in [0.15, 0.2) is 11.5 Å². The number of hydrogen-bond donors (Lipinski definition) is 3. The molecular formula is C28H24N6O2S. The Balaban J connectivity index is 1.48. The number of primary amides is 1. The number of nitrogens with zero attached hydrogens (tertiary/aromatic N) is 3. The molecule has 1 aliphatic carbocycles. The fourth-order valence-corrected chi connectivity index (χ4v) is 6.10. The highest BCUT2D eigenvalue weighted by Gasteiger charge is 2.28. The Morgan fingerprint density at radius 2 is 1.65 bits per heavy atom. The SMILES string of the molecule is NC(=O)c1c(NC(=O)c2c(Nc3ccccc3)nn3c(-c4ccccc4)ccnc23)sc2c1CCCC2. The minimum Gasteiger partial charge on any atom is -0.365 e. The Morgan fingerprint density at radius 1 is 0.919 bits per heavy atom. The van der Waals surface area contributed by atoms with Crippen LogP contribution < -0.4 is 16.4 Å². The van der Waals surface area contributed by atoms with Gasteiger partial charge in [0.05, 0.1) is 11.3 Å². The summed E-state index contributed by atoms with van der Waals surface area (Å²) in [5.41, 5.74) is 10.3. The van der Waals surface area contributed by atoms with E-state index in [2.05, 4.69) is 15.6 Å². The van der Waals surface area contributed by atoms with Crippen LogP contribution in [0.25, 0.3) is 16.9 Å². The number of thiophene rings is 1. The van der Waals surface area contributed by atoms with E-state index in [1.54, 1.807) is 10.7 Å². The lowest BCUT2D eigenvalue weighted by Crippen LogP contribution is -2.19. The molecule has 0 saturated carbocycles. The molecule has 4 N–H and O–H groups in total. The first-order valence-corrected chi connectivity index (χ1v) is 12.9. The summed E-state index contributed by atoms with van der Waals surface area (Å²) in [6.45, 7) is 0. The zero-order chi connectivity index (χ0) is 25.4. The van der Waals surface area contributed by atoms with E-state index in [1.165, 1.54) is 11.3 Å². The van der Waals surface area contributed by atoms with Crippen LogP contribution in [-0.4, -0.2) is 26.4 Å². The van der Waals surface area contributed by atoms with Crippen molar-refractivity contribution in [2.24, 2.45) is 5.73 Å². The molecule has 1 aliphatic rings. The van der Waals surface area contributed by atoms with Gasteiger partial charge in [0.25, 0.3) is 11.8 Å². The molecule has 0 saturated heterocycles. The second-order valence-corrected chi connectivity index (χ2v) is 9.98. The van der Waals surface area contributed by atoms with Crippen LogP contribution in [0.1, 0.15) is 44.0 Å². The molecule has 2 aromatic carbocycles. The van der Waals surface area contributed by atoms with E-state index in [4.69, 9.17) is 10.8 Å². The van der Waals surface area contributed by atoms with Crippen LogP contribution in [0.3, 0.4) is 0 Å². The van der Waals surface area contributed by atoms with Crippen molar-refractivity contribution in [2.45, 2.75) is 25.7 Å². The first-order valence-electron chi connectivity index (χ1n) is 12.1. The van der Waals surface area contributed by atoms with Crippen LogP contribution in [0, 0.1) is 0 Å². The van der Waals surface area contributed by atoms with Gasteiger partial charge < -0.3 is 16.4 Å². The van der Waals surface area contributed by atoms with Gasteiger partial charge >= 0.3 is 0 Å². The molecule has 2 amide bonds. The van der Waals surface area contributed by atoms with Gasteiger partial charge in [0, 0.05) is 22.3 Å². The molecule has 9 heteroatoms. The van der Waals surface area contributed by atoms with E-state index in [1.807, 2.05) is 66.7 Å². The molecule has 0 aliphatic heterocycles. The molecule has 0 unspecified atom stereocenters. The van der Waals surface area contributed by atoms with Gasteiger partial charge in [-0.3, -0.25) is 9.59 Å². The first kappa shape index (κ1) is 22.9. The second-order valence-electron chi connectivity index (χ2n) is 8.88. The number of aromatic nitrogens is 3. The zero-order valence-electron chi connectivity index (χ0n) is 19.9. The van der Waals surface area contributed by atoms with Crippen LogP contribution in [0.15, 0.2) is 72.9 Å². The van der Waals surface area contributed by atoms with E-state index in [9.17, 15) is 9.59 Å². The summed E-state index contributed by atoms with van der Waals surface area (Å²) in [6, 6.07) is 21.2. The lowest BCUT2D eigenvalue weighted by molar-refractivity contribution is 0.100. The normalized spacial score (nSPS) is 12.8. The number of benzene rings is 2. The lowest BCUT2D eigenvalue weighted by atomic mass is 9.95. The van der Waals surface area contributed by atoms with Crippen molar-refractivity contribution in [3.8, 4) is 11.3 Å². The highest BCUT2D eigenvalue weighted by molar-refractivity contribution is 7.17. The Bertz CT molecular complexity index is 1630. The highest BCUT2D eigenvalue weighted by atomic mass is 32.1. The third kappa shape index (κ3) is 4.23. The van der Waals surface area contributed by atoms with Crippen LogP contribution in [0.2, 0.25) is 0 Å². The minimum absolute atomic E-state index is 0.281. The number of anilines is 3. The van der Waals surface area contributed by atoms with Gasteiger partial charge in [-0.25, -0.2) is 9.50 Å². The zero-order valence-corrected chi connectivity index (χ0v) is 20.7. The van der Waals surface area contributed by atoms with E-state index in [-0.39, 0.29) is 5.56 Å². The third-order valence-electron chi connectivity index (χ3n) is 6.50. The molecular weight excluding hydrogens is 484 g/mol. The van der Waals surface area contributed by atoms with Gasteiger partial charge in [-0.05, 0) is 49.4 Å². The van der Waals surface area contributed by atoms with Gasteiger partial charge in [-0.15, -0.1) is 16.4 Å². The van der Waals surface area contributed by atoms with Crippen LogP contribution in [0.5, 0.6) is 0 Å². The summed E-state index contributed by atoms with van der Waals surface area (Å²) in [7, 11) is 0. The van der Waals surface area contributed by atoms with Crippen molar-refractivity contribution in [1.29, 1.82) is 0 Å². The molecule has 0 bridgehead atoms. The minimum atomic E-state index is -0.526. The summed E-state index contributed by atoms with van der Waals surface area (Å²) in [4.78, 5) is 31.9. The summed E-state index contributed by atoms with van der Waals surface area (Å²) in [6.07, 6.45) is 5.41. The summed E-state index contributed by atoms with van der Waals surface area (Å²) < 4.78 is 1.67. The topological polar surface area (TPSA) is 114 Å². The number of nitrogens with two attached hydrogens (primary N) is 1. The van der Waals surface area contributed by atoms with Gasteiger partial charge in [-0.2, -0.15) is 0 Å². The molecule has 184 valence electrons. The fourth-order valence-electron chi connectivity index (χ4n) is 4.81. The number of rotatable bonds is 6. The summed E-state index contributed by atoms with van der Waals surface area (Å²) in [5, 5.41) is 11.5. The molecule has 6 rings (SSSR count). The molecule has 8 nitrogen and oxygen atoms in total. The van der Waals surface area contributed by atoms with Crippen molar-refractivity contribution in [3.05, 3.63) is 94.5 Å². The number of hydrogen-bond acceptors (Lipinski definition) is 6. The largest absolute Gasteiger partial charge is 0.365 e. The Hall–Kier alpha value is -4.50. The number of aryl methyl sites for hydroxylation is 1. The van der Waals surface area contributed by atoms with Crippen LogP contribution in [-0.2, 0) is 12.8 Å². The molecule has 3 aromatic heterocycles. The predicted octanol–water partition coefficient (Wildman–Crippen LogP) is 5.43.